The molecule has 0 unspecified atom stereocenters. The van der Waals surface area contributed by atoms with Gasteiger partial charge < -0.3 is 5.73 Å². The number of Topliss-reactive ketones (excluding diaryl/α,β-unsaturated/α-hetero) is 1. The number of hydrogen-bond acceptors (Lipinski definition) is 5. The SMILES string of the molecule is CC(=O)c1ccc(Cc2ncc(Cl)c(C#Cc3ccccc3CC(N)=O)n2)cn1. The van der Waals surface area contributed by atoms with Gasteiger partial charge >= 0.3 is 0 Å². The third-order valence-electron chi connectivity index (χ3n) is 4.04. The van der Waals surface area contributed by atoms with Gasteiger partial charge in [-0.15, -0.1) is 0 Å². The zero-order valence-electron chi connectivity index (χ0n) is 15.6. The van der Waals surface area contributed by atoms with Gasteiger partial charge in [0.25, 0.3) is 0 Å². The van der Waals surface area contributed by atoms with Crippen molar-refractivity contribution >= 4 is 23.3 Å². The van der Waals surface area contributed by atoms with Gasteiger partial charge in [-0.1, -0.05) is 41.8 Å². The Morgan fingerprint density at radius 2 is 1.86 bits per heavy atom. The van der Waals surface area contributed by atoms with Crippen LogP contribution in [0, 0.1) is 11.8 Å². The van der Waals surface area contributed by atoms with E-state index in [-0.39, 0.29) is 12.2 Å². The van der Waals surface area contributed by atoms with Gasteiger partial charge in [-0.3, -0.25) is 14.6 Å². The molecule has 0 aliphatic carbocycles. The molecule has 1 aromatic carbocycles. The topological polar surface area (TPSA) is 98.8 Å². The molecule has 0 spiro atoms. The lowest BCUT2D eigenvalue weighted by Gasteiger charge is -2.03. The van der Waals surface area contributed by atoms with Crippen molar-refractivity contribution in [2.24, 2.45) is 5.73 Å². The van der Waals surface area contributed by atoms with E-state index >= 15 is 0 Å². The molecule has 3 aromatic rings. The van der Waals surface area contributed by atoms with E-state index in [1.54, 1.807) is 18.3 Å². The van der Waals surface area contributed by atoms with Crippen LogP contribution < -0.4 is 5.73 Å². The monoisotopic (exact) mass is 404 g/mol. The summed E-state index contributed by atoms with van der Waals surface area (Å²) in [6.45, 7) is 1.47. The van der Waals surface area contributed by atoms with E-state index in [4.69, 9.17) is 17.3 Å². The lowest BCUT2D eigenvalue weighted by molar-refractivity contribution is -0.117. The van der Waals surface area contributed by atoms with Crippen molar-refractivity contribution in [2.45, 2.75) is 19.8 Å². The summed E-state index contributed by atoms with van der Waals surface area (Å²) >= 11 is 6.19. The number of amides is 1. The number of nitrogens with zero attached hydrogens (tertiary/aromatic N) is 3. The first kappa shape index (κ1) is 20.2. The molecule has 0 saturated heterocycles. The van der Waals surface area contributed by atoms with Crippen molar-refractivity contribution in [3.63, 3.8) is 0 Å². The molecule has 0 bridgehead atoms. The van der Waals surface area contributed by atoms with E-state index in [0.29, 0.717) is 34.2 Å². The number of nitrogens with two attached hydrogens (primary N) is 1. The Bertz CT molecular complexity index is 1130. The Morgan fingerprint density at radius 1 is 1.07 bits per heavy atom. The molecular formula is C22H17ClN4O2. The summed E-state index contributed by atoms with van der Waals surface area (Å²) in [7, 11) is 0. The van der Waals surface area contributed by atoms with Crippen molar-refractivity contribution in [3.05, 3.63) is 87.7 Å². The smallest absolute Gasteiger partial charge is 0.221 e. The molecule has 144 valence electrons. The van der Waals surface area contributed by atoms with Crippen molar-refractivity contribution < 1.29 is 9.59 Å². The molecule has 1 amide bonds. The number of hydrogen-bond donors (Lipinski definition) is 1. The summed E-state index contributed by atoms with van der Waals surface area (Å²) < 4.78 is 0. The Labute approximate surface area is 173 Å². The van der Waals surface area contributed by atoms with Gasteiger partial charge in [0.05, 0.1) is 17.6 Å². The molecule has 2 N–H and O–H groups in total. The fourth-order valence-corrected chi connectivity index (χ4v) is 2.75. The number of rotatable bonds is 5. The van der Waals surface area contributed by atoms with Crippen LogP contribution in [-0.2, 0) is 17.6 Å². The summed E-state index contributed by atoms with van der Waals surface area (Å²) in [5.41, 5.74) is 8.38. The highest BCUT2D eigenvalue weighted by atomic mass is 35.5. The average molecular weight is 405 g/mol. The summed E-state index contributed by atoms with van der Waals surface area (Å²) in [5, 5.41) is 0.332. The highest BCUT2D eigenvalue weighted by Gasteiger charge is 2.07. The minimum atomic E-state index is -0.425. The molecule has 0 radical (unpaired) electrons. The summed E-state index contributed by atoms with van der Waals surface area (Å²) in [4.78, 5) is 35.4. The number of ketones is 1. The van der Waals surface area contributed by atoms with E-state index in [0.717, 1.165) is 11.1 Å². The van der Waals surface area contributed by atoms with Crippen LogP contribution in [0.3, 0.4) is 0 Å². The van der Waals surface area contributed by atoms with E-state index in [1.165, 1.54) is 13.1 Å². The molecule has 0 aliphatic rings. The maximum Gasteiger partial charge on any atom is 0.221 e. The van der Waals surface area contributed by atoms with Gasteiger partial charge in [0.2, 0.25) is 5.91 Å². The van der Waals surface area contributed by atoms with Crippen LogP contribution in [0.1, 0.15) is 45.6 Å². The predicted molar refractivity (Wildman–Crippen MR) is 109 cm³/mol. The molecule has 2 heterocycles. The van der Waals surface area contributed by atoms with Crippen molar-refractivity contribution in [1.82, 2.24) is 15.0 Å². The summed E-state index contributed by atoms with van der Waals surface area (Å²) in [5.74, 6) is 5.97. The molecule has 6 nitrogen and oxygen atoms in total. The third-order valence-corrected chi connectivity index (χ3v) is 4.32. The maximum absolute atomic E-state index is 11.3. The van der Waals surface area contributed by atoms with Gasteiger partial charge in [0.1, 0.15) is 17.2 Å². The van der Waals surface area contributed by atoms with Crippen LogP contribution in [0.5, 0.6) is 0 Å². The van der Waals surface area contributed by atoms with Gasteiger partial charge in [-0.05, 0) is 29.2 Å². The number of halogens is 1. The highest BCUT2D eigenvalue weighted by molar-refractivity contribution is 6.31. The van der Waals surface area contributed by atoms with Crippen molar-refractivity contribution in [2.75, 3.05) is 0 Å². The molecule has 0 fully saturated rings. The lowest BCUT2D eigenvalue weighted by atomic mass is 10.0. The first-order chi connectivity index (χ1) is 13.9. The van der Waals surface area contributed by atoms with Crippen molar-refractivity contribution in [3.8, 4) is 11.8 Å². The second-order valence-corrected chi connectivity index (χ2v) is 6.72. The first-order valence-corrected chi connectivity index (χ1v) is 9.15. The zero-order valence-corrected chi connectivity index (χ0v) is 16.4. The number of carbonyl (C=O) groups is 2. The lowest BCUT2D eigenvalue weighted by Crippen LogP contribution is -2.14. The molecule has 2 aromatic heterocycles. The Kier molecular flexibility index (Phi) is 6.32. The van der Waals surface area contributed by atoms with Crippen LogP contribution in [0.2, 0.25) is 5.02 Å². The van der Waals surface area contributed by atoms with Gasteiger partial charge in [-0.25, -0.2) is 9.97 Å². The molecule has 29 heavy (non-hydrogen) atoms. The average Bonchev–Trinajstić information content (AvgIpc) is 2.69. The van der Waals surface area contributed by atoms with Crippen LogP contribution in [0.25, 0.3) is 0 Å². The van der Waals surface area contributed by atoms with Crippen molar-refractivity contribution in [1.29, 1.82) is 0 Å². The fraction of sp³-hybridized carbons (Fsp3) is 0.136. The Morgan fingerprint density at radius 3 is 2.55 bits per heavy atom. The molecular weight excluding hydrogens is 388 g/mol. The number of pyridine rings is 1. The third kappa shape index (κ3) is 5.47. The van der Waals surface area contributed by atoms with E-state index in [2.05, 4.69) is 26.8 Å². The zero-order chi connectivity index (χ0) is 20.8. The van der Waals surface area contributed by atoms with E-state index < -0.39 is 5.91 Å². The van der Waals surface area contributed by atoms with Crippen LogP contribution in [0.15, 0.2) is 48.8 Å². The van der Waals surface area contributed by atoms with Gasteiger partial charge in [0.15, 0.2) is 5.78 Å². The molecule has 0 aliphatic heterocycles. The number of aromatic nitrogens is 3. The minimum absolute atomic E-state index is 0.0894. The van der Waals surface area contributed by atoms with Crippen LogP contribution in [0.4, 0.5) is 0 Å². The van der Waals surface area contributed by atoms with Gasteiger partial charge in [0, 0.05) is 25.1 Å². The largest absolute Gasteiger partial charge is 0.369 e. The van der Waals surface area contributed by atoms with E-state index in [1.807, 2.05) is 24.3 Å². The second kappa shape index (κ2) is 9.09. The molecule has 0 saturated carbocycles. The predicted octanol–water partition coefficient (Wildman–Crippen LogP) is 2.75. The van der Waals surface area contributed by atoms with Crippen LogP contribution in [-0.4, -0.2) is 26.6 Å². The molecule has 0 atom stereocenters. The summed E-state index contributed by atoms with van der Waals surface area (Å²) in [6, 6.07) is 10.8. The molecule has 7 heteroatoms. The molecule has 3 rings (SSSR count). The maximum atomic E-state index is 11.3. The first-order valence-electron chi connectivity index (χ1n) is 8.78. The second-order valence-electron chi connectivity index (χ2n) is 6.32. The number of carbonyl (C=O) groups excluding carboxylic acids is 2. The quantitative estimate of drug-likeness (QED) is 0.520. The highest BCUT2D eigenvalue weighted by Crippen LogP contribution is 2.14. The number of benzene rings is 1. The standard InChI is InChI=1S/C22H17ClN4O2/c1-14(28)19-8-6-15(12-25-19)10-22-26-13-18(23)20(27-22)9-7-16-4-2-3-5-17(16)11-21(24)29/h2-6,8,12-13H,10-11H2,1H3,(H2,24,29). The van der Waals surface area contributed by atoms with Gasteiger partial charge in [-0.2, -0.15) is 0 Å². The Balaban J connectivity index is 1.85. The van der Waals surface area contributed by atoms with E-state index in [9.17, 15) is 9.59 Å². The summed E-state index contributed by atoms with van der Waals surface area (Å²) in [6.07, 6.45) is 3.66. The normalized spacial score (nSPS) is 10.1. The Hall–Kier alpha value is -3.56. The number of primary amides is 1. The fourth-order valence-electron chi connectivity index (χ4n) is 2.61. The van der Waals surface area contributed by atoms with Crippen LogP contribution >= 0.6 is 11.6 Å². The minimum Gasteiger partial charge on any atom is -0.369 e.